The lowest BCUT2D eigenvalue weighted by molar-refractivity contribution is 0.300. The van der Waals surface area contributed by atoms with Crippen LogP contribution in [0.25, 0.3) is 10.9 Å². The number of aromatic nitrogens is 1. The van der Waals surface area contributed by atoms with Gasteiger partial charge in [-0.15, -0.1) is 0 Å². The van der Waals surface area contributed by atoms with Gasteiger partial charge in [0.2, 0.25) is 0 Å². The maximum atomic E-state index is 12.1. The number of rotatable bonds is 6. The average molecular weight is 394 g/mol. The summed E-state index contributed by atoms with van der Waals surface area (Å²) in [6, 6.07) is 10.4. The van der Waals surface area contributed by atoms with Crippen molar-refractivity contribution >= 4 is 34.1 Å². The SMILES string of the molecule is Cc1cc(OCCCCn2c(=O)oc(=O)c3cccc(Cl)c32)ccc1Cl. The quantitative estimate of drug-likeness (QED) is 0.581. The van der Waals surface area contributed by atoms with Gasteiger partial charge in [0.15, 0.2) is 0 Å². The van der Waals surface area contributed by atoms with E-state index in [1.165, 1.54) is 4.57 Å². The van der Waals surface area contributed by atoms with Crippen molar-refractivity contribution in [1.82, 2.24) is 4.57 Å². The molecule has 7 heteroatoms. The molecule has 0 bridgehead atoms. The Morgan fingerprint density at radius 3 is 2.65 bits per heavy atom. The third-order valence-electron chi connectivity index (χ3n) is 4.05. The monoisotopic (exact) mass is 393 g/mol. The minimum Gasteiger partial charge on any atom is -0.494 e. The van der Waals surface area contributed by atoms with Gasteiger partial charge in [-0.25, -0.2) is 9.59 Å². The van der Waals surface area contributed by atoms with Gasteiger partial charge in [-0.3, -0.25) is 4.57 Å². The highest BCUT2D eigenvalue weighted by atomic mass is 35.5. The zero-order valence-electron chi connectivity index (χ0n) is 14.1. The smallest absolute Gasteiger partial charge is 0.422 e. The summed E-state index contributed by atoms with van der Waals surface area (Å²) in [5.74, 6) is 0.0492. The van der Waals surface area contributed by atoms with Gasteiger partial charge in [-0.05, 0) is 55.7 Å². The summed E-state index contributed by atoms with van der Waals surface area (Å²) >= 11 is 12.2. The molecular formula is C19H17Cl2NO4. The maximum absolute atomic E-state index is 12.1. The number of aryl methyl sites for hydroxylation is 2. The van der Waals surface area contributed by atoms with Crippen molar-refractivity contribution in [2.24, 2.45) is 0 Å². The summed E-state index contributed by atoms with van der Waals surface area (Å²) in [6.45, 7) is 2.80. The lowest BCUT2D eigenvalue weighted by Crippen LogP contribution is -2.25. The lowest BCUT2D eigenvalue weighted by Gasteiger charge is -2.10. The van der Waals surface area contributed by atoms with E-state index >= 15 is 0 Å². The number of hydrogen-bond donors (Lipinski definition) is 0. The van der Waals surface area contributed by atoms with Crippen LogP contribution in [0.15, 0.2) is 50.4 Å². The Balaban J connectivity index is 1.66. The number of ether oxygens (including phenoxy) is 1. The van der Waals surface area contributed by atoms with Gasteiger partial charge in [-0.2, -0.15) is 0 Å². The van der Waals surface area contributed by atoms with E-state index in [2.05, 4.69) is 0 Å². The molecule has 0 unspecified atom stereocenters. The molecule has 0 N–H and O–H groups in total. The molecule has 0 aliphatic carbocycles. The number of halogens is 2. The van der Waals surface area contributed by atoms with Gasteiger partial charge >= 0.3 is 11.4 Å². The van der Waals surface area contributed by atoms with E-state index in [0.717, 1.165) is 17.7 Å². The second kappa shape index (κ2) is 7.98. The Morgan fingerprint density at radius 2 is 1.88 bits per heavy atom. The van der Waals surface area contributed by atoms with Crippen molar-refractivity contribution < 1.29 is 9.15 Å². The van der Waals surface area contributed by atoms with Crippen LogP contribution in [-0.4, -0.2) is 11.2 Å². The van der Waals surface area contributed by atoms with Crippen molar-refractivity contribution in [2.75, 3.05) is 6.61 Å². The topological polar surface area (TPSA) is 61.4 Å². The molecule has 0 saturated heterocycles. The van der Waals surface area contributed by atoms with Gasteiger partial charge in [0.25, 0.3) is 0 Å². The summed E-state index contributed by atoms with van der Waals surface area (Å²) in [5, 5.41) is 1.34. The van der Waals surface area contributed by atoms with Crippen molar-refractivity contribution in [2.45, 2.75) is 26.3 Å². The highest BCUT2D eigenvalue weighted by molar-refractivity contribution is 6.35. The zero-order valence-corrected chi connectivity index (χ0v) is 15.6. The predicted octanol–water partition coefficient (Wildman–Crippen LogP) is 4.43. The summed E-state index contributed by atoms with van der Waals surface area (Å²) in [4.78, 5) is 23.9. The van der Waals surface area contributed by atoms with Gasteiger partial charge in [-0.1, -0.05) is 29.3 Å². The third-order valence-corrected chi connectivity index (χ3v) is 4.78. The molecule has 26 heavy (non-hydrogen) atoms. The lowest BCUT2D eigenvalue weighted by atomic mass is 10.2. The number of hydrogen-bond acceptors (Lipinski definition) is 4. The summed E-state index contributed by atoms with van der Waals surface area (Å²) in [6.07, 6.45) is 1.39. The molecule has 0 saturated carbocycles. The highest BCUT2D eigenvalue weighted by Gasteiger charge is 2.12. The molecule has 5 nitrogen and oxygen atoms in total. The van der Waals surface area contributed by atoms with Crippen molar-refractivity contribution in [1.29, 1.82) is 0 Å². The van der Waals surface area contributed by atoms with Gasteiger partial charge in [0, 0.05) is 11.6 Å². The molecule has 0 atom stereocenters. The molecular weight excluding hydrogens is 377 g/mol. The predicted molar refractivity (Wildman–Crippen MR) is 103 cm³/mol. The molecule has 1 aromatic heterocycles. The molecule has 0 aliphatic rings. The summed E-state index contributed by atoms with van der Waals surface area (Å²) in [5.41, 5.74) is 0.686. The third kappa shape index (κ3) is 3.94. The van der Waals surface area contributed by atoms with Gasteiger partial charge in [0.05, 0.1) is 22.5 Å². The fourth-order valence-electron chi connectivity index (χ4n) is 2.71. The van der Waals surface area contributed by atoms with Crippen LogP contribution in [-0.2, 0) is 6.54 Å². The number of nitrogens with zero attached hydrogens (tertiary/aromatic N) is 1. The van der Waals surface area contributed by atoms with Crippen LogP contribution < -0.4 is 16.1 Å². The van der Waals surface area contributed by atoms with Crippen molar-refractivity contribution in [3.05, 3.63) is 73.0 Å². The largest absolute Gasteiger partial charge is 0.494 e. The molecule has 1 heterocycles. The Morgan fingerprint density at radius 1 is 1.08 bits per heavy atom. The molecule has 0 amide bonds. The normalized spacial score (nSPS) is 11.0. The fraction of sp³-hybridized carbons (Fsp3) is 0.263. The molecule has 3 rings (SSSR count). The van der Waals surface area contributed by atoms with E-state index in [1.807, 2.05) is 19.1 Å². The van der Waals surface area contributed by atoms with E-state index < -0.39 is 11.4 Å². The van der Waals surface area contributed by atoms with Crippen LogP contribution >= 0.6 is 23.2 Å². The van der Waals surface area contributed by atoms with Crippen LogP contribution in [0.3, 0.4) is 0 Å². The molecule has 136 valence electrons. The first-order valence-corrected chi connectivity index (χ1v) is 8.94. The maximum Gasteiger partial charge on any atom is 0.422 e. The van der Waals surface area contributed by atoms with Crippen LogP contribution in [0.5, 0.6) is 5.75 Å². The van der Waals surface area contributed by atoms with Gasteiger partial charge < -0.3 is 9.15 Å². The van der Waals surface area contributed by atoms with E-state index in [9.17, 15) is 9.59 Å². The van der Waals surface area contributed by atoms with Crippen molar-refractivity contribution in [3.63, 3.8) is 0 Å². The Bertz CT molecular complexity index is 1060. The Hall–Kier alpha value is -2.24. The molecule has 0 fully saturated rings. The second-order valence-corrected chi connectivity index (χ2v) is 6.72. The number of para-hydroxylation sites is 1. The van der Waals surface area contributed by atoms with E-state index in [1.54, 1.807) is 24.3 Å². The minimum atomic E-state index is -0.704. The fourth-order valence-corrected chi connectivity index (χ4v) is 3.10. The number of benzene rings is 2. The van der Waals surface area contributed by atoms with Crippen LogP contribution in [0, 0.1) is 6.92 Å². The summed E-state index contributed by atoms with van der Waals surface area (Å²) in [7, 11) is 0. The highest BCUT2D eigenvalue weighted by Crippen LogP contribution is 2.22. The van der Waals surface area contributed by atoms with Crippen LogP contribution in [0.1, 0.15) is 18.4 Å². The number of unbranched alkanes of at least 4 members (excludes halogenated alkanes) is 1. The number of fused-ring (bicyclic) bond motifs is 1. The molecule has 0 spiro atoms. The second-order valence-electron chi connectivity index (χ2n) is 5.91. The summed E-state index contributed by atoms with van der Waals surface area (Å²) < 4.78 is 11.9. The van der Waals surface area contributed by atoms with Crippen molar-refractivity contribution in [3.8, 4) is 5.75 Å². The standard InChI is InChI=1S/C19H17Cl2NO4/c1-12-11-13(7-8-15(12)20)25-10-3-2-9-22-17-14(5-4-6-16(17)21)18(23)26-19(22)24/h4-8,11H,2-3,9-10H2,1H3. The molecule has 0 aliphatic heterocycles. The first kappa shape index (κ1) is 18.5. The van der Waals surface area contributed by atoms with Gasteiger partial charge in [0.1, 0.15) is 5.75 Å². The Kier molecular flexibility index (Phi) is 5.69. The average Bonchev–Trinajstić information content (AvgIpc) is 2.60. The van der Waals surface area contributed by atoms with E-state index in [4.69, 9.17) is 32.4 Å². The van der Waals surface area contributed by atoms with Crippen LogP contribution in [0.2, 0.25) is 10.0 Å². The first-order chi connectivity index (χ1) is 12.5. The van der Waals surface area contributed by atoms with E-state index in [0.29, 0.717) is 40.5 Å². The molecule has 0 radical (unpaired) electrons. The Labute approximate surface area is 159 Å². The van der Waals surface area contributed by atoms with E-state index in [-0.39, 0.29) is 0 Å². The minimum absolute atomic E-state index is 0.296. The zero-order chi connectivity index (χ0) is 18.7. The molecule has 3 aromatic rings. The molecule has 2 aromatic carbocycles. The van der Waals surface area contributed by atoms with Crippen LogP contribution in [0.4, 0.5) is 0 Å². The first-order valence-electron chi connectivity index (χ1n) is 8.18.